The van der Waals surface area contributed by atoms with Crippen LogP contribution in [-0.4, -0.2) is 42.1 Å². The van der Waals surface area contributed by atoms with Crippen LogP contribution < -0.4 is 0 Å². The van der Waals surface area contributed by atoms with Crippen LogP contribution in [0.5, 0.6) is 0 Å². The predicted octanol–water partition coefficient (Wildman–Crippen LogP) is 0.648. The van der Waals surface area contributed by atoms with Crippen LogP contribution in [-0.2, 0) is 20.9 Å². The van der Waals surface area contributed by atoms with Crippen molar-refractivity contribution in [3.05, 3.63) is 23.7 Å². The number of carbonyl (C=O) groups is 2. The molecule has 2 rings (SSSR count). The molecule has 0 aromatic carbocycles. The molecule has 1 amide bonds. The monoisotopic (exact) mass is 253 g/mol. The van der Waals surface area contributed by atoms with Gasteiger partial charge in [0.2, 0.25) is 5.91 Å². The quantitative estimate of drug-likeness (QED) is 0.797. The van der Waals surface area contributed by atoms with Gasteiger partial charge in [-0.1, -0.05) is 0 Å². The summed E-state index contributed by atoms with van der Waals surface area (Å²) >= 11 is 0. The fraction of sp³-hybridized carbons (Fsp3) is 0.500. The third-order valence-corrected chi connectivity index (χ3v) is 3.05. The first-order valence-corrected chi connectivity index (χ1v) is 5.58. The molecule has 1 fully saturated rings. The highest BCUT2D eigenvalue weighted by molar-refractivity contribution is 6.03. The molecule has 0 radical (unpaired) electrons. The molecule has 2 heterocycles. The molecule has 1 aliphatic rings. The summed E-state index contributed by atoms with van der Waals surface area (Å²) in [7, 11) is 1.56. The van der Waals surface area contributed by atoms with Crippen molar-refractivity contribution >= 4 is 11.9 Å². The maximum atomic E-state index is 12.1. The Hall–Kier alpha value is -1.82. The van der Waals surface area contributed by atoms with Crippen molar-refractivity contribution in [3.63, 3.8) is 0 Å². The van der Waals surface area contributed by atoms with Gasteiger partial charge in [-0.25, -0.2) is 0 Å². The molecule has 1 aromatic heterocycles. The number of ether oxygens (including phenoxy) is 1. The topological polar surface area (TPSA) is 80.0 Å². The highest BCUT2D eigenvalue weighted by Gasteiger charge is 2.54. The average Bonchev–Trinajstić information content (AvgIpc) is 2.61. The summed E-state index contributed by atoms with van der Waals surface area (Å²) in [6.07, 6.45) is 0. The molecule has 6 nitrogen and oxygen atoms in total. The third-order valence-electron chi connectivity index (χ3n) is 3.05. The Morgan fingerprint density at radius 3 is 2.50 bits per heavy atom. The molecule has 98 valence electrons. The lowest BCUT2D eigenvalue weighted by atomic mass is 9.84. The summed E-state index contributed by atoms with van der Waals surface area (Å²) < 4.78 is 10.2. The smallest absolute Gasteiger partial charge is 0.324 e. The number of furan rings is 1. The normalized spacial score (nSPS) is 17.0. The van der Waals surface area contributed by atoms with E-state index in [9.17, 15) is 9.59 Å². The number of nitrogens with zero attached hydrogens (tertiary/aromatic N) is 1. The zero-order chi connectivity index (χ0) is 13.3. The van der Waals surface area contributed by atoms with E-state index in [4.69, 9.17) is 14.3 Å². The first-order valence-electron chi connectivity index (χ1n) is 5.58. The summed E-state index contributed by atoms with van der Waals surface area (Å²) in [6.45, 7) is 1.93. The zero-order valence-electron chi connectivity index (χ0n) is 10.3. The van der Waals surface area contributed by atoms with Gasteiger partial charge in [-0.05, 0) is 19.1 Å². The summed E-state index contributed by atoms with van der Waals surface area (Å²) in [5, 5.41) is 9.12. The van der Waals surface area contributed by atoms with Crippen LogP contribution in [0.1, 0.15) is 11.5 Å². The molecule has 0 spiro atoms. The molecule has 1 aliphatic heterocycles. The summed E-state index contributed by atoms with van der Waals surface area (Å²) in [5.74, 6) is -0.202. The second kappa shape index (κ2) is 4.45. The Morgan fingerprint density at radius 1 is 1.44 bits per heavy atom. The standard InChI is InChI=1S/C12H15NO5/c1-8-3-4-9(18-8)5-13(2)10(14)12(11(15)16)6-17-7-12/h3-4H,5-7H2,1-2H3,(H,15,16). The van der Waals surface area contributed by atoms with E-state index in [0.29, 0.717) is 5.76 Å². The molecular formula is C12H15NO5. The number of aryl methyl sites for hydroxylation is 1. The van der Waals surface area contributed by atoms with Gasteiger partial charge in [-0.15, -0.1) is 0 Å². The van der Waals surface area contributed by atoms with E-state index >= 15 is 0 Å². The number of hydrogen-bond acceptors (Lipinski definition) is 4. The van der Waals surface area contributed by atoms with Gasteiger partial charge in [-0.2, -0.15) is 0 Å². The SMILES string of the molecule is Cc1ccc(CN(C)C(=O)C2(C(=O)O)COC2)o1. The Balaban J connectivity index is 2.07. The van der Waals surface area contributed by atoms with Crippen LogP contribution in [0, 0.1) is 12.3 Å². The fourth-order valence-electron chi connectivity index (χ4n) is 1.89. The zero-order valence-corrected chi connectivity index (χ0v) is 10.3. The van der Waals surface area contributed by atoms with Crippen LogP contribution in [0.2, 0.25) is 0 Å². The highest BCUT2D eigenvalue weighted by atomic mass is 16.5. The Labute approximate surface area is 104 Å². The van der Waals surface area contributed by atoms with Gasteiger partial charge in [-0.3, -0.25) is 9.59 Å². The van der Waals surface area contributed by atoms with Gasteiger partial charge in [0.05, 0.1) is 19.8 Å². The molecule has 0 saturated carbocycles. The molecule has 6 heteroatoms. The molecule has 1 aromatic rings. The molecule has 1 saturated heterocycles. The second-order valence-corrected chi connectivity index (χ2v) is 4.55. The number of rotatable bonds is 4. The van der Waals surface area contributed by atoms with Gasteiger partial charge in [0.25, 0.3) is 0 Å². The Bertz CT molecular complexity index is 475. The van der Waals surface area contributed by atoms with Crippen LogP contribution >= 0.6 is 0 Å². The fourth-order valence-corrected chi connectivity index (χ4v) is 1.89. The summed E-state index contributed by atoms with van der Waals surface area (Å²) in [5.41, 5.74) is -1.42. The van der Waals surface area contributed by atoms with Gasteiger partial charge < -0.3 is 19.2 Å². The number of amides is 1. The van der Waals surface area contributed by atoms with Gasteiger partial charge in [0, 0.05) is 7.05 Å². The lowest BCUT2D eigenvalue weighted by Gasteiger charge is -2.38. The van der Waals surface area contributed by atoms with E-state index in [2.05, 4.69) is 0 Å². The van der Waals surface area contributed by atoms with Crippen molar-refractivity contribution in [2.24, 2.45) is 5.41 Å². The number of carboxylic acid groups (broad SMARTS) is 1. The van der Waals surface area contributed by atoms with Crippen molar-refractivity contribution in [2.45, 2.75) is 13.5 Å². The minimum atomic E-state index is -1.42. The van der Waals surface area contributed by atoms with Gasteiger partial charge in [0.1, 0.15) is 11.5 Å². The highest BCUT2D eigenvalue weighted by Crippen LogP contribution is 2.30. The number of hydrogen-bond donors (Lipinski definition) is 1. The predicted molar refractivity (Wildman–Crippen MR) is 60.8 cm³/mol. The molecule has 0 bridgehead atoms. The minimum absolute atomic E-state index is 0.0668. The molecular weight excluding hydrogens is 238 g/mol. The second-order valence-electron chi connectivity index (χ2n) is 4.55. The van der Waals surface area contributed by atoms with E-state index in [1.165, 1.54) is 4.90 Å². The molecule has 1 N–H and O–H groups in total. The molecule has 0 aliphatic carbocycles. The van der Waals surface area contributed by atoms with Crippen molar-refractivity contribution < 1.29 is 23.8 Å². The maximum Gasteiger partial charge on any atom is 0.324 e. The van der Waals surface area contributed by atoms with Crippen molar-refractivity contribution in [3.8, 4) is 0 Å². The summed E-state index contributed by atoms with van der Waals surface area (Å²) in [4.78, 5) is 24.6. The van der Waals surface area contributed by atoms with E-state index in [1.807, 2.05) is 6.92 Å². The van der Waals surface area contributed by atoms with E-state index in [1.54, 1.807) is 19.2 Å². The van der Waals surface area contributed by atoms with E-state index in [-0.39, 0.29) is 19.8 Å². The minimum Gasteiger partial charge on any atom is -0.480 e. The molecule has 18 heavy (non-hydrogen) atoms. The number of aliphatic carboxylic acids is 1. The van der Waals surface area contributed by atoms with Gasteiger partial charge >= 0.3 is 5.97 Å². The van der Waals surface area contributed by atoms with E-state index < -0.39 is 17.3 Å². The van der Waals surface area contributed by atoms with E-state index in [0.717, 1.165) is 5.76 Å². The first kappa shape index (κ1) is 12.6. The lowest BCUT2D eigenvalue weighted by molar-refractivity contribution is -0.191. The van der Waals surface area contributed by atoms with Crippen molar-refractivity contribution in [1.29, 1.82) is 0 Å². The van der Waals surface area contributed by atoms with Crippen LogP contribution in [0.4, 0.5) is 0 Å². The molecule has 0 unspecified atom stereocenters. The summed E-state index contributed by atoms with van der Waals surface area (Å²) in [6, 6.07) is 3.57. The average molecular weight is 253 g/mol. The largest absolute Gasteiger partial charge is 0.480 e. The van der Waals surface area contributed by atoms with Crippen LogP contribution in [0.3, 0.4) is 0 Å². The number of carbonyl (C=O) groups excluding carboxylic acids is 1. The first-order chi connectivity index (χ1) is 8.45. The van der Waals surface area contributed by atoms with Crippen molar-refractivity contribution in [1.82, 2.24) is 4.90 Å². The lowest BCUT2D eigenvalue weighted by Crippen LogP contribution is -2.59. The van der Waals surface area contributed by atoms with Crippen LogP contribution in [0.15, 0.2) is 16.5 Å². The Morgan fingerprint density at radius 2 is 2.11 bits per heavy atom. The van der Waals surface area contributed by atoms with Crippen molar-refractivity contribution in [2.75, 3.05) is 20.3 Å². The van der Waals surface area contributed by atoms with Crippen LogP contribution in [0.25, 0.3) is 0 Å². The maximum absolute atomic E-state index is 12.1. The molecule has 0 atom stereocenters. The number of carboxylic acids is 1. The third kappa shape index (κ3) is 1.99. The van der Waals surface area contributed by atoms with Gasteiger partial charge in [0.15, 0.2) is 5.41 Å². The Kier molecular flexibility index (Phi) is 3.13.